The highest BCUT2D eigenvalue weighted by Crippen LogP contribution is 2.05. The lowest BCUT2D eigenvalue weighted by Crippen LogP contribution is -2.45. The summed E-state index contributed by atoms with van der Waals surface area (Å²) in [5, 5.41) is 14.0. The molecule has 0 radical (unpaired) electrons. The van der Waals surface area contributed by atoms with Gasteiger partial charge in [-0.15, -0.1) is 0 Å². The van der Waals surface area contributed by atoms with Crippen LogP contribution in [0.1, 0.15) is 11.1 Å². The van der Waals surface area contributed by atoms with Gasteiger partial charge in [-0.25, -0.2) is 0 Å². The average molecular weight is 361 g/mol. The maximum absolute atomic E-state index is 3.59. The van der Waals surface area contributed by atoms with Crippen molar-refractivity contribution in [3.63, 3.8) is 0 Å². The molecule has 0 amide bonds. The van der Waals surface area contributed by atoms with E-state index < -0.39 is 0 Å². The van der Waals surface area contributed by atoms with Crippen molar-refractivity contribution in [3.05, 3.63) is 35.4 Å². The number of nitrogens with zero attached hydrogens (tertiary/aromatic N) is 2. The summed E-state index contributed by atoms with van der Waals surface area (Å²) in [6.45, 7) is 15.6. The Balaban J connectivity index is 1.28. The third-order valence-electron chi connectivity index (χ3n) is 5.28. The SMILES string of the molecule is c1cc(CNCCN2CCNCC2)cc(CNCCN2CCNCC2)c1. The van der Waals surface area contributed by atoms with Gasteiger partial charge in [-0.1, -0.05) is 24.3 Å². The summed E-state index contributed by atoms with van der Waals surface area (Å²) in [7, 11) is 0. The highest BCUT2D eigenvalue weighted by atomic mass is 15.2. The van der Waals surface area contributed by atoms with Crippen molar-refractivity contribution in [2.45, 2.75) is 13.1 Å². The standard InChI is InChI=1S/C20H36N6/c1-2-19(17-23-8-14-25-10-4-21-5-11-25)16-20(3-1)18-24-9-15-26-12-6-22-7-13-26/h1-3,16,21-24H,4-15,17-18H2. The van der Waals surface area contributed by atoms with Crippen LogP contribution in [-0.2, 0) is 13.1 Å². The minimum absolute atomic E-state index is 0.959. The Morgan fingerprint density at radius 2 is 1.19 bits per heavy atom. The molecule has 26 heavy (non-hydrogen) atoms. The van der Waals surface area contributed by atoms with Crippen LogP contribution in [-0.4, -0.2) is 88.3 Å². The first-order valence-electron chi connectivity index (χ1n) is 10.3. The Labute approximate surface area is 158 Å². The second-order valence-corrected chi connectivity index (χ2v) is 7.36. The molecule has 146 valence electrons. The molecule has 3 rings (SSSR count). The zero-order chi connectivity index (χ0) is 17.9. The molecule has 2 fully saturated rings. The number of piperazine rings is 2. The van der Waals surface area contributed by atoms with E-state index in [2.05, 4.69) is 55.3 Å². The van der Waals surface area contributed by atoms with Crippen LogP contribution in [0.2, 0.25) is 0 Å². The lowest BCUT2D eigenvalue weighted by atomic mass is 10.1. The molecule has 0 atom stereocenters. The minimum atomic E-state index is 0.959. The van der Waals surface area contributed by atoms with Crippen LogP contribution >= 0.6 is 0 Å². The maximum atomic E-state index is 3.59. The highest BCUT2D eigenvalue weighted by molar-refractivity contribution is 5.23. The van der Waals surface area contributed by atoms with E-state index in [1.807, 2.05) is 0 Å². The lowest BCUT2D eigenvalue weighted by Gasteiger charge is -2.27. The molecule has 0 spiro atoms. The summed E-state index contributed by atoms with van der Waals surface area (Å²) in [6, 6.07) is 8.96. The number of rotatable bonds is 10. The molecular formula is C20H36N6. The van der Waals surface area contributed by atoms with Gasteiger partial charge in [0.05, 0.1) is 0 Å². The van der Waals surface area contributed by atoms with E-state index in [0.717, 1.165) is 65.4 Å². The Morgan fingerprint density at radius 3 is 1.65 bits per heavy atom. The molecule has 4 N–H and O–H groups in total. The first-order valence-corrected chi connectivity index (χ1v) is 10.3. The first-order chi connectivity index (χ1) is 12.9. The third kappa shape index (κ3) is 7.31. The number of nitrogens with one attached hydrogen (secondary N) is 4. The minimum Gasteiger partial charge on any atom is -0.314 e. The Kier molecular flexibility index (Phi) is 8.84. The number of hydrogen-bond donors (Lipinski definition) is 4. The maximum Gasteiger partial charge on any atom is 0.0206 e. The smallest absolute Gasteiger partial charge is 0.0206 e. The van der Waals surface area contributed by atoms with Crippen molar-refractivity contribution in [3.8, 4) is 0 Å². The second-order valence-electron chi connectivity index (χ2n) is 7.36. The highest BCUT2D eigenvalue weighted by Gasteiger charge is 2.09. The van der Waals surface area contributed by atoms with Crippen LogP contribution in [0.15, 0.2) is 24.3 Å². The van der Waals surface area contributed by atoms with Crippen molar-refractivity contribution in [1.29, 1.82) is 0 Å². The quantitative estimate of drug-likeness (QED) is 0.429. The monoisotopic (exact) mass is 360 g/mol. The molecule has 0 unspecified atom stereocenters. The fourth-order valence-electron chi connectivity index (χ4n) is 3.66. The van der Waals surface area contributed by atoms with Gasteiger partial charge in [0.1, 0.15) is 0 Å². The van der Waals surface area contributed by atoms with Crippen LogP contribution < -0.4 is 21.3 Å². The molecule has 2 aliphatic heterocycles. The van der Waals surface area contributed by atoms with Crippen LogP contribution in [0.4, 0.5) is 0 Å². The van der Waals surface area contributed by atoms with Crippen molar-refractivity contribution in [2.24, 2.45) is 0 Å². The molecule has 1 aromatic rings. The first kappa shape index (κ1) is 19.7. The molecule has 2 heterocycles. The Bertz CT molecular complexity index is 456. The van der Waals surface area contributed by atoms with Gasteiger partial charge in [0.15, 0.2) is 0 Å². The summed E-state index contributed by atoms with van der Waals surface area (Å²) < 4.78 is 0. The van der Waals surface area contributed by atoms with Crippen molar-refractivity contribution >= 4 is 0 Å². The number of benzene rings is 1. The fraction of sp³-hybridized carbons (Fsp3) is 0.700. The van der Waals surface area contributed by atoms with Crippen LogP contribution in [0.5, 0.6) is 0 Å². The predicted molar refractivity (Wildman–Crippen MR) is 108 cm³/mol. The van der Waals surface area contributed by atoms with Crippen molar-refractivity contribution in [1.82, 2.24) is 31.1 Å². The third-order valence-corrected chi connectivity index (χ3v) is 5.28. The molecule has 6 heteroatoms. The Morgan fingerprint density at radius 1 is 0.731 bits per heavy atom. The van der Waals surface area contributed by atoms with Gasteiger partial charge in [0.2, 0.25) is 0 Å². The molecular weight excluding hydrogens is 324 g/mol. The second kappa shape index (κ2) is 11.6. The molecule has 0 saturated carbocycles. The van der Waals surface area contributed by atoms with Gasteiger partial charge in [0, 0.05) is 91.6 Å². The van der Waals surface area contributed by atoms with Gasteiger partial charge in [-0.2, -0.15) is 0 Å². The summed E-state index contributed by atoms with van der Waals surface area (Å²) >= 11 is 0. The molecule has 2 saturated heterocycles. The van der Waals surface area contributed by atoms with E-state index >= 15 is 0 Å². The average Bonchev–Trinajstić information content (AvgIpc) is 2.71. The molecule has 0 bridgehead atoms. The van der Waals surface area contributed by atoms with Crippen molar-refractivity contribution < 1.29 is 0 Å². The normalized spacial score (nSPS) is 19.7. The van der Waals surface area contributed by atoms with E-state index in [0.29, 0.717) is 0 Å². The predicted octanol–water partition coefficient (Wildman–Crippen LogP) is -0.324. The van der Waals surface area contributed by atoms with E-state index in [4.69, 9.17) is 0 Å². The summed E-state index contributed by atoms with van der Waals surface area (Å²) in [5.41, 5.74) is 2.76. The van der Waals surface area contributed by atoms with Crippen LogP contribution in [0, 0.1) is 0 Å². The summed E-state index contributed by atoms with van der Waals surface area (Å²) in [6.07, 6.45) is 0. The van der Waals surface area contributed by atoms with Crippen molar-refractivity contribution in [2.75, 3.05) is 78.5 Å². The molecule has 6 nitrogen and oxygen atoms in total. The zero-order valence-electron chi connectivity index (χ0n) is 16.1. The van der Waals surface area contributed by atoms with E-state index in [9.17, 15) is 0 Å². The number of hydrogen-bond acceptors (Lipinski definition) is 6. The summed E-state index contributed by atoms with van der Waals surface area (Å²) in [4.78, 5) is 5.06. The van der Waals surface area contributed by atoms with Crippen LogP contribution in [0.3, 0.4) is 0 Å². The van der Waals surface area contributed by atoms with E-state index in [1.54, 1.807) is 0 Å². The molecule has 1 aromatic carbocycles. The van der Waals surface area contributed by atoms with Gasteiger partial charge in [-0.05, 0) is 11.1 Å². The van der Waals surface area contributed by atoms with Gasteiger partial charge < -0.3 is 21.3 Å². The molecule has 0 aromatic heterocycles. The molecule has 0 aliphatic carbocycles. The van der Waals surface area contributed by atoms with E-state index in [1.165, 1.54) is 37.3 Å². The van der Waals surface area contributed by atoms with Gasteiger partial charge in [0.25, 0.3) is 0 Å². The van der Waals surface area contributed by atoms with Crippen LogP contribution in [0.25, 0.3) is 0 Å². The van der Waals surface area contributed by atoms with E-state index in [-0.39, 0.29) is 0 Å². The van der Waals surface area contributed by atoms with Gasteiger partial charge in [-0.3, -0.25) is 9.80 Å². The largest absolute Gasteiger partial charge is 0.314 e. The lowest BCUT2D eigenvalue weighted by molar-refractivity contribution is 0.241. The topological polar surface area (TPSA) is 54.6 Å². The molecule has 2 aliphatic rings. The Hall–Kier alpha value is -1.02. The van der Waals surface area contributed by atoms with Gasteiger partial charge >= 0.3 is 0 Å². The summed E-state index contributed by atoms with van der Waals surface area (Å²) in [5.74, 6) is 0. The fourth-order valence-corrected chi connectivity index (χ4v) is 3.66. The zero-order valence-corrected chi connectivity index (χ0v) is 16.1.